The Kier molecular flexibility index (Phi) is 3.69. The van der Waals surface area contributed by atoms with E-state index >= 15 is 0 Å². The second-order valence-electron chi connectivity index (χ2n) is 5.75. The maximum atomic E-state index is 11.5. The molecule has 3 heteroatoms. The van der Waals surface area contributed by atoms with E-state index in [1.165, 1.54) is 25.7 Å². The first-order chi connectivity index (χ1) is 8.84. The van der Waals surface area contributed by atoms with Crippen LogP contribution in [0.2, 0.25) is 0 Å². The molecule has 0 aromatic carbocycles. The normalized spacial score (nSPS) is 42.6. The molecule has 1 saturated carbocycles. The van der Waals surface area contributed by atoms with Crippen molar-refractivity contribution in [3.05, 3.63) is 12.2 Å². The second-order valence-corrected chi connectivity index (χ2v) is 5.75. The van der Waals surface area contributed by atoms with E-state index in [9.17, 15) is 4.79 Å². The standard InChI is InChI=1S/C15H22O3/c16-15-9-3-1-2-8-13-11-6-4-5-7-12(11)14(18-13)10-17-15/h1-2,11-14H,3-10H2/b2-1-/t11-,12+,13+,14-/m1/s1. The van der Waals surface area contributed by atoms with Gasteiger partial charge in [-0.05, 0) is 37.5 Å². The highest BCUT2D eigenvalue weighted by Crippen LogP contribution is 2.44. The van der Waals surface area contributed by atoms with Crippen LogP contribution in [0, 0.1) is 11.8 Å². The van der Waals surface area contributed by atoms with Crippen molar-refractivity contribution in [1.29, 1.82) is 0 Å². The predicted octanol–water partition coefficient (Wildman–Crippen LogP) is 2.84. The summed E-state index contributed by atoms with van der Waals surface area (Å²) in [6.07, 6.45) is 12.3. The highest BCUT2D eigenvalue weighted by molar-refractivity contribution is 5.69. The first kappa shape index (κ1) is 12.2. The summed E-state index contributed by atoms with van der Waals surface area (Å²) >= 11 is 0. The number of carbonyl (C=O) groups is 1. The van der Waals surface area contributed by atoms with Gasteiger partial charge in [-0.15, -0.1) is 0 Å². The minimum absolute atomic E-state index is 0.0824. The Morgan fingerprint density at radius 3 is 2.67 bits per heavy atom. The molecule has 2 fully saturated rings. The van der Waals surface area contributed by atoms with Crippen molar-refractivity contribution in [3.63, 3.8) is 0 Å². The third-order valence-electron chi connectivity index (χ3n) is 4.64. The van der Waals surface area contributed by atoms with Crippen LogP contribution in [-0.2, 0) is 14.3 Å². The molecule has 0 spiro atoms. The number of fused-ring (bicyclic) bond motifs is 5. The number of rotatable bonds is 0. The number of hydrogen-bond acceptors (Lipinski definition) is 3. The van der Waals surface area contributed by atoms with E-state index in [-0.39, 0.29) is 12.1 Å². The van der Waals surface area contributed by atoms with E-state index in [4.69, 9.17) is 9.47 Å². The Hall–Kier alpha value is -0.830. The molecule has 4 atom stereocenters. The van der Waals surface area contributed by atoms with Crippen LogP contribution in [-0.4, -0.2) is 24.8 Å². The highest BCUT2D eigenvalue weighted by atomic mass is 16.6. The fourth-order valence-corrected chi connectivity index (χ4v) is 3.73. The number of allylic oxidation sites excluding steroid dienone is 1. The first-order valence-electron chi connectivity index (χ1n) is 7.30. The molecular weight excluding hydrogens is 228 g/mol. The van der Waals surface area contributed by atoms with Crippen LogP contribution in [0.3, 0.4) is 0 Å². The van der Waals surface area contributed by atoms with Crippen LogP contribution in [0.5, 0.6) is 0 Å². The molecule has 0 unspecified atom stereocenters. The number of hydrogen-bond donors (Lipinski definition) is 0. The van der Waals surface area contributed by atoms with Crippen LogP contribution < -0.4 is 0 Å². The van der Waals surface area contributed by atoms with Gasteiger partial charge in [0.2, 0.25) is 0 Å². The van der Waals surface area contributed by atoms with E-state index in [2.05, 4.69) is 12.2 Å². The summed E-state index contributed by atoms with van der Waals surface area (Å²) in [5.74, 6) is 1.22. The average Bonchev–Trinajstić information content (AvgIpc) is 2.72. The van der Waals surface area contributed by atoms with E-state index in [0.717, 1.165) is 12.8 Å². The van der Waals surface area contributed by atoms with Gasteiger partial charge in [0.05, 0.1) is 12.2 Å². The molecule has 0 radical (unpaired) electrons. The minimum Gasteiger partial charge on any atom is -0.463 e. The molecule has 2 bridgehead atoms. The molecule has 100 valence electrons. The fourth-order valence-electron chi connectivity index (χ4n) is 3.73. The fraction of sp³-hybridized carbons (Fsp3) is 0.800. The Morgan fingerprint density at radius 1 is 1.06 bits per heavy atom. The quantitative estimate of drug-likeness (QED) is 0.490. The lowest BCUT2D eigenvalue weighted by molar-refractivity contribution is -0.148. The maximum absolute atomic E-state index is 11.5. The lowest BCUT2D eigenvalue weighted by Gasteiger charge is -2.28. The second kappa shape index (κ2) is 5.43. The van der Waals surface area contributed by atoms with Gasteiger partial charge in [0.25, 0.3) is 0 Å². The molecule has 3 aliphatic rings. The number of carbonyl (C=O) groups excluding carboxylic acids is 1. The van der Waals surface area contributed by atoms with Crippen LogP contribution in [0.25, 0.3) is 0 Å². The zero-order valence-electron chi connectivity index (χ0n) is 10.8. The summed E-state index contributed by atoms with van der Waals surface area (Å²) in [4.78, 5) is 11.5. The Bertz CT molecular complexity index is 337. The van der Waals surface area contributed by atoms with Gasteiger partial charge in [-0.1, -0.05) is 25.0 Å². The molecule has 3 rings (SSSR count). The van der Waals surface area contributed by atoms with Crippen LogP contribution in [0.15, 0.2) is 12.2 Å². The van der Waals surface area contributed by atoms with Crippen molar-refractivity contribution in [1.82, 2.24) is 0 Å². The van der Waals surface area contributed by atoms with Gasteiger partial charge >= 0.3 is 5.97 Å². The van der Waals surface area contributed by atoms with Crippen molar-refractivity contribution in [2.45, 2.75) is 57.2 Å². The molecule has 0 N–H and O–H groups in total. The van der Waals surface area contributed by atoms with Crippen molar-refractivity contribution in [2.75, 3.05) is 6.61 Å². The molecular formula is C15H22O3. The molecule has 1 aliphatic carbocycles. The number of ether oxygens (including phenoxy) is 2. The van der Waals surface area contributed by atoms with Gasteiger partial charge in [-0.25, -0.2) is 0 Å². The van der Waals surface area contributed by atoms with Crippen LogP contribution in [0.4, 0.5) is 0 Å². The smallest absolute Gasteiger partial charge is 0.306 e. The van der Waals surface area contributed by atoms with Crippen molar-refractivity contribution in [3.8, 4) is 0 Å². The van der Waals surface area contributed by atoms with E-state index in [0.29, 0.717) is 31.0 Å². The van der Waals surface area contributed by atoms with Gasteiger partial charge in [0, 0.05) is 6.42 Å². The van der Waals surface area contributed by atoms with Gasteiger partial charge < -0.3 is 9.47 Å². The van der Waals surface area contributed by atoms with E-state index < -0.39 is 0 Å². The van der Waals surface area contributed by atoms with Crippen molar-refractivity contribution < 1.29 is 14.3 Å². The first-order valence-corrected chi connectivity index (χ1v) is 7.30. The molecule has 2 heterocycles. The molecule has 3 nitrogen and oxygen atoms in total. The zero-order chi connectivity index (χ0) is 12.4. The van der Waals surface area contributed by atoms with Crippen LogP contribution >= 0.6 is 0 Å². The Balaban J connectivity index is 1.75. The monoisotopic (exact) mass is 250 g/mol. The molecule has 2 aliphatic heterocycles. The Morgan fingerprint density at radius 2 is 1.83 bits per heavy atom. The molecule has 18 heavy (non-hydrogen) atoms. The summed E-state index contributed by atoms with van der Waals surface area (Å²) in [7, 11) is 0. The minimum atomic E-state index is -0.0824. The summed E-state index contributed by atoms with van der Waals surface area (Å²) < 4.78 is 11.5. The summed E-state index contributed by atoms with van der Waals surface area (Å²) in [6, 6.07) is 0. The van der Waals surface area contributed by atoms with Crippen LogP contribution in [0.1, 0.15) is 44.9 Å². The average molecular weight is 250 g/mol. The molecule has 0 aromatic rings. The number of esters is 1. The Labute approximate surface area is 109 Å². The lowest BCUT2D eigenvalue weighted by Crippen LogP contribution is -2.29. The van der Waals surface area contributed by atoms with Crippen molar-refractivity contribution in [2.24, 2.45) is 11.8 Å². The van der Waals surface area contributed by atoms with Gasteiger partial charge in [-0.3, -0.25) is 4.79 Å². The largest absolute Gasteiger partial charge is 0.463 e. The lowest BCUT2D eigenvalue weighted by atomic mass is 9.75. The zero-order valence-corrected chi connectivity index (χ0v) is 10.8. The molecule has 1 saturated heterocycles. The third kappa shape index (κ3) is 2.46. The SMILES string of the molecule is O=C1CC/C=C\C[C@@H]2O[C@H](CO1)[C@H]1CCCC[C@H]12. The van der Waals surface area contributed by atoms with E-state index in [1.807, 2.05) is 0 Å². The predicted molar refractivity (Wildman–Crippen MR) is 68.1 cm³/mol. The highest BCUT2D eigenvalue weighted by Gasteiger charge is 2.44. The van der Waals surface area contributed by atoms with Gasteiger partial charge in [0.15, 0.2) is 0 Å². The third-order valence-corrected chi connectivity index (χ3v) is 4.64. The maximum Gasteiger partial charge on any atom is 0.306 e. The molecule has 0 amide bonds. The summed E-state index contributed by atoms with van der Waals surface area (Å²) in [6.45, 7) is 0.469. The van der Waals surface area contributed by atoms with Gasteiger partial charge in [-0.2, -0.15) is 0 Å². The van der Waals surface area contributed by atoms with E-state index in [1.54, 1.807) is 0 Å². The molecule has 0 aromatic heterocycles. The topological polar surface area (TPSA) is 35.5 Å². The summed E-state index contributed by atoms with van der Waals surface area (Å²) in [5, 5.41) is 0. The van der Waals surface area contributed by atoms with Crippen molar-refractivity contribution >= 4 is 5.97 Å². The van der Waals surface area contributed by atoms with Gasteiger partial charge in [0.1, 0.15) is 6.61 Å². The summed E-state index contributed by atoms with van der Waals surface area (Å²) in [5.41, 5.74) is 0. The number of cyclic esters (lactones) is 1.